The quantitative estimate of drug-likeness (QED) is 0.654. The van der Waals surface area contributed by atoms with Crippen LogP contribution in [-0.2, 0) is 19.2 Å². The number of aliphatic hydroxyl groups excluding tert-OH is 2. The third-order valence-corrected chi connectivity index (χ3v) is 6.24. The molecule has 5 aliphatic rings. The standard InChI is InChI=1S/C15H24O6/c1-7-9-4-5-14(3)19-13-15(9,21-20-14)10(6-11(7)16)8(2)12(17)18-13/h7-13,16-17H,4-6H2,1-3H3/t7-,8+,9-,10-,11+,12-,13+,14+,15+/m0/s1. The van der Waals surface area contributed by atoms with Crippen molar-refractivity contribution in [3.63, 3.8) is 0 Å². The SMILES string of the molecule is C[C@@H]1[C@H](O)C[C@H]2[C@@H](C)[C@@H](O)O[C@@H]3O[C@@]4(C)CC[C@@H]1[C@]32OO4. The minimum absolute atomic E-state index is 0.0508. The lowest BCUT2D eigenvalue weighted by Gasteiger charge is -2.60. The molecule has 120 valence electrons. The average Bonchev–Trinajstić information content (AvgIpc) is 2.66. The first-order valence-electron chi connectivity index (χ1n) is 7.93. The van der Waals surface area contributed by atoms with E-state index >= 15 is 0 Å². The summed E-state index contributed by atoms with van der Waals surface area (Å²) >= 11 is 0. The van der Waals surface area contributed by atoms with Gasteiger partial charge >= 0.3 is 0 Å². The van der Waals surface area contributed by atoms with Crippen LogP contribution in [0.1, 0.15) is 40.0 Å². The van der Waals surface area contributed by atoms with Crippen LogP contribution in [0.2, 0.25) is 0 Å². The Morgan fingerprint density at radius 3 is 2.57 bits per heavy atom. The summed E-state index contributed by atoms with van der Waals surface area (Å²) in [6.07, 6.45) is 0.168. The molecular weight excluding hydrogens is 276 g/mol. The Bertz CT molecular complexity index is 432. The van der Waals surface area contributed by atoms with Crippen molar-refractivity contribution < 1.29 is 29.5 Å². The maximum absolute atomic E-state index is 10.5. The van der Waals surface area contributed by atoms with Gasteiger partial charge in [-0.05, 0) is 25.7 Å². The molecule has 1 aliphatic carbocycles. The maximum Gasteiger partial charge on any atom is 0.201 e. The van der Waals surface area contributed by atoms with Crippen LogP contribution in [0, 0.1) is 23.7 Å². The van der Waals surface area contributed by atoms with Crippen LogP contribution < -0.4 is 0 Å². The minimum atomic E-state index is -0.904. The molecule has 6 nitrogen and oxygen atoms in total. The Morgan fingerprint density at radius 2 is 1.81 bits per heavy atom. The lowest BCUT2D eigenvalue weighted by molar-refractivity contribution is -0.577. The second-order valence-electron chi connectivity index (χ2n) is 7.40. The van der Waals surface area contributed by atoms with Gasteiger partial charge in [-0.25, -0.2) is 9.78 Å². The van der Waals surface area contributed by atoms with Crippen LogP contribution in [-0.4, -0.2) is 40.3 Å². The van der Waals surface area contributed by atoms with Gasteiger partial charge in [0, 0.05) is 24.2 Å². The van der Waals surface area contributed by atoms with Gasteiger partial charge < -0.3 is 19.7 Å². The van der Waals surface area contributed by atoms with Crippen LogP contribution in [0.4, 0.5) is 0 Å². The lowest BCUT2D eigenvalue weighted by atomic mass is 9.57. The van der Waals surface area contributed by atoms with Gasteiger partial charge in [0.25, 0.3) is 0 Å². The van der Waals surface area contributed by atoms with Crippen LogP contribution in [0.25, 0.3) is 0 Å². The normalized spacial score (nSPS) is 63.0. The summed E-state index contributed by atoms with van der Waals surface area (Å²) < 4.78 is 11.8. The zero-order valence-corrected chi connectivity index (χ0v) is 12.7. The molecule has 5 fully saturated rings. The predicted molar refractivity (Wildman–Crippen MR) is 70.4 cm³/mol. The van der Waals surface area contributed by atoms with Crippen molar-refractivity contribution >= 4 is 0 Å². The van der Waals surface area contributed by atoms with E-state index in [0.717, 1.165) is 6.42 Å². The molecule has 1 saturated carbocycles. The predicted octanol–water partition coefficient (Wildman–Crippen LogP) is 1.16. The van der Waals surface area contributed by atoms with Gasteiger partial charge in [-0.15, -0.1) is 0 Å². The van der Waals surface area contributed by atoms with E-state index in [4.69, 9.17) is 19.2 Å². The van der Waals surface area contributed by atoms with Crippen molar-refractivity contribution in [3.8, 4) is 0 Å². The highest BCUT2D eigenvalue weighted by atomic mass is 17.3. The molecule has 4 saturated heterocycles. The first-order chi connectivity index (χ1) is 9.87. The van der Waals surface area contributed by atoms with E-state index in [1.807, 2.05) is 13.8 Å². The smallest absolute Gasteiger partial charge is 0.201 e. The molecule has 0 aromatic heterocycles. The monoisotopic (exact) mass is 300 g/mol. The van der Waals surface area contributed by atoms with Crippen LogP contribution >= 0.6 is 0 Å². The number of rotatable bonds is 0. The maximum atomic E-state index is 10.5. The second kappa shape index (κ2) is 4.40. The van der Waals surface area contributed by atoms with E-state index in [0.29, 0.717) is 12.8 Å². The molecule has 0 aromatic rings. The Labute approximate surface area is 124 Å². The van der Waals surface area contributed by atoms with Gasteiger partial charge in [-0.3, -0.25) is 0 Å². The van der Waals surface area contributed by atoms with Crippen molar-refractivity contribution in [1.29, 1.82) is 0 Å². The minimum Gasteiger partial charge on any atom is -0.393 e. The van der Waals surface area contributed by atoms with Gasteiger partial charge in [0.05, 0.1) is 6.10 Å². The highest BCUT2D eigenvalue weighted by Crippen LogP contribution is 2.60. The molecule has 6 heteroatoms. The molecular formula is C15H24O6. The van der Waals surface area contributed by atoms with E-state index in [2.05, 4.69) is 6.92 Å². The molecule has 0 unspecified atom stereocenters. The number of ether oxygens (including phenoxy) is 2. The first kappa shape index (κ1) is 14.4. The molecule has 5 rings (SSSR count). The van der Waals surface area contributed by atoms with Crippen LogP contribution in [0.5, 0.6) is 0 Å². The van der Waals surface area contributed by atoms with E-state index in [1.165, 1.54) is 0 Å². The molecule has 0 aromatic carbocycles. The summed E-state index contributed by atoms with van der Waals surface area (Å²) in [5.41, 5.74) is -0.729. The van der Waals surface area contributed by atoms with Crippen LogP contribution in [0.15, 0.2) is 0 Å². The van der Waals surface area contributed by atoms with Crippen molar-refractivity contribution in [2.24, 2.45) is 23.7 Å². The Morgan fingerprint density at radius 1 is 1.05 bits per heavy atom. The third-order valence-electron chi connectivity index (χ3n) is 6.24. The molecule has 21 heavy (non-hydrogen) atoms. The van der Waals surface area contributed by atoms with Gasteiger partial charge in [0.15, 0.2) is 18.2 Å². The van der Waals surface area contributed by atoms with Crippen molar-refractivity contribution in [2.45, 2.75) is 70.1 Å². The van der Waals surface area contributed by atoms with Crippen molar-refractivity contribution in [3.05, 3.63) is 0 Å². The molecule has 0 amide bonds. The fraction of sp³-hybridized carbons (Fsp3) is 1.00. The third kappa shape index (κ3) is 1.75. The summed E-state index contributed by atoms with van der Waals surface area (Å²) in [6, 6.07) is 0. The number of aliphatic hydroxyl groups is 2. The summed E-state index contributed by atoms with van der Waals surface area (Å²) in [6.45, 7) is 5.82. The Hall–Kier alpha value is -0.240. The zero-order valence-electron chi connectivity index (χ0n) is 12.7. The summed E-state index contributed by atoms with van der Waals surface area (Å²) in [4.78, 5) is 11.5. The molecule has 4 heterocycles. The van der Waals surface area contributed by atoms with Crippen molar-refractivity contribution in [2.75, 3.05) is 0 Å². The number of hydrogen-bond acceptors (Lipinski definition) is 6. The van der Waals surface area contributed by atoms with Crippen LogP contribution in [0.3, 0.4) is 0 Å². The fourth-order valence-corrected chi connectivity index (χ4v) is 4.84. The van der Waals surface area contributed by atoms with E-state index in [1.54, 1.807) is 0 Å². The highest BCUT2D eigenvalue weighted by Gasteiger charge is 2.70. The Kier molecular flexibility index (Phi) is 3.01. The van der Waals surface area contributed by atoms with Crippen molar-refractivity contribution in [1.82, 2.24) is 0 Å². The number of fused-ring (bicyclic) bond motifs is 2. The second-order valence-corrected chi connectivity index (χ2v) is 7.40. The summed E-state index contributed by atoms with van der Waals surface area (Å²) in [5.74, 6) is -0.855. The van der Waals surface area contributed by atoms with E-state index < -0.39 is 30.1 Å². The first-order valence-corrected chi connectivity index (χ1v) is 7.93. The largest absolute Gasteiger partial charge is 0.393 e. The number of hydrogen-bond donors (Lipinski definition) is 2. The molecule has 0 radical (unpaired) electrons. The van der Waals surface area contributed by atoms with Gasteiger partial charge in [0.2, 0.25) is 5.79 Å². The fourth-order valence-electron chi connectivity index (χ4n) is 4.84. The lowest BCUT2D eigenvalue weighted by Crippen LogP contribution is -2.71. The highest BCUT2D eigenvalue weighted by molar-refractivity contribution is 5.10. The van der Waals surface area contributed by atoms with E-state index in [9.17, 15) is 10.2 Å². The zero-order chi connectivity index (χ0) is 15.0. The molecule has 4 aliphatic heterocycles. The molecule has 9 atom stereocenters. The molecule has 2 bridgehead atoms. The van der Waals surface area contributed by atoms with Gasteiger partial charge in [0.1, 0.15) is 0 Å². The topological polar surface area (TPSA) is 77.4 Å². The molecule has 2 N–H and O–H groups in total. The van der Waals surface area contributed by atoms with E-state index in [-0.39, 0.29) is 23.7 Å². The average molecular weight is 300 g/mol. The van der Waals surface area contributed by atoms with Gasteiger partial charge in [-0.2, -0.15) is 0 Å². The summed E-state index contributed by atoms with van der Waals surface area (Å²) in [5, 5.41) is 20.7. The molecule has 1 spiro atoms. The van der Waals surface area contributed by atoms with Gasteiger partial charge in [-0.1, -0.05) is 13.8 Å². The summed E-state index contributed by atoms with van der Waals surface area (Å²) in [7, 11) is 0. The Balaban J connectivity index is 1.83.